The fourth-order valence-electron chi connectivity index (χ4n) is 2.08. The van der Waals surface area contributed by atoms with Crippen molar-refractivity contribution in [3.63, 3.8) is 0 Å². The first-order chi connectivity index (χ1) is 10.2. The number of nitrogens with one attached hydrogen (secondary N) is 1. The highest BCUT2D eigenvalue weighted by atomic mass is 79.9. The van der Waals surface area contributed by atoms with E-state index in [9.17, 15) is 0 Å². The van der Waals surface area contributed by atoms with Crippen molar-refractivity contribution >= 4 is 21.6 Å². The number of rotatable bonds is 4. The molecule has 0 fully saturated rings. The number of hydrogen-bond acceptors (Lipinski definition) is 4. The number of aromatic nitrogens is 4. The van der Waals surface area contributed by atoms with E-state index in [1.807, 2.05) is 24.3 Å². The number of hydrogen-bond donors (Lipinski definition) is 1. The van der Waals surface area contributed by atoms with E-state index in [1.165, 1.54) is 11.1 Å². The van der Waals surface area contributed by atoms with Gasteiger partial charge in [0.15, 0.2) is 0 Å². The number of aryl methyl sites for hydroxylation is 1. The van der Waals surface area contributed by atoms with Crippen molar-refractivity contribution < 1.29 is 0 Å². The third-order valence-electron chi connectivity index (χ3n) is 3.18. The number of benzene rings is 2. The molecular weight excluding hydrogens is 330 g/mol. The Morgan fingerprint density at radius 1 is 1.19 bits per heavy atom. The second-order valence-electron chi connectivity index (χ2n) is 4.72. The van der Waals surface area contributed by atoms with Crippen molar-refractivity contribution in [2.45, 2.75) is 13.5 Å². The van der Waals surface area contributed by atoms with Gasteiger partial charge in [-0.2, -0.15) is 4.68 Å². The second-order valence-corrected chi connectivity index (χ2v) is 5.57. The molecule has 0 radical (unpaired) electrons. The quantitative estimate of drug-likeness (QED) is 0.789. The van der Waals surface area contributed by atoms with Gasteiger partial charge >= 0.3 is 0 Å². The van der Waals surface area contributed by atoms with Gasteiger partial charge in [0.2, 0.25) is 0 Å². The molecule has 1 aromatic heterocycles. The standard InChI is InChI=1S/C15H14BrN5/c1-11-6-7-12(13(16)8-11)9-17-14-4-2-3-5-15(14)21-10-18-19-20-21/h2-8,10,17H,9H2,1H3. The topological polar surface area (TPSA) is 55.6 Å². The zero-order valence-electron chi connectivity index (χ0n) is 11.5. The van der Waals surface area contributed by atoms with E-state index in [2.05, 4.69) is 61.9 Å². The van der Waals surface area contributed by atoms with E-state index in [1.54, 1.807) is 11.0 Å². The van der Waals surface area contributed by atoms with Gasteiger partial charge in [0.05, 0.1) is 11.4 Å². The third kappa shape index (κ3) is 3.11. The van der Waals surface area contributed by atoms with Crippen LogP contribution in [0.5, 0.6) is 0 Å². The Hall–Kier alpha value is -2.21. The summed E-state index contributed by atoms with van der Waals surface area (Å²) in [6, 6.07) is 14.3. The molecule has 0 atom stereocenters. The number of anilines is 1. The highest BCUT2D eigenvalue weighted by molar-refractivity contribution is 9.10. The van der Waals surface area contributed by atoms with Gasteiger partial charge in [-0.25, -0.2) is 0 Å². The molecule has 5 nitrogen and oxygen atoms in total. The number of halogens is 1. The molecule has 0 aliphatic rings. The molecule has 0 saturated carbocycles. The van der Waals surface area contributed by atoms with Crippen LogP contribution >= 0.6 is 15.9 Å². The van der Waals surface area contributed by atoms with Gasteiger partial charge in [0.1, 0.15) is 6.33 Å². The van der Waals surface area contributed by atoms with Gasteiger partial charge in [0, 0.05) is 11.0 Å². The average molecular weight is 344 g/mol. The molecule has 0 aliphatic carbocycles. The van der Waals surface area contributed by atoms with Crippen molar-refractivity contribution in [1.82, 2.24) is 20.2 Å². The molecule has 6 heteroatoms. The smallest absolute Gasteiger partial charge is 0.143 e. The molecule has 0 amide bonds. The lowest BCUT2D eigenvalue weighted by atomic mass is 10.1. The molecular formula is C15H14BrN5. The van der Waals surface area contributed by atoms with Crippen LogP contribution in [0.2, 0.25) is 0 Å². The molecule has 21 heavy (non-hydrogen) atoms. The second kappa shape index (κ2) is 6.05. The van der Waals surface area contributed by atoms with Gasteiger partial charge in [-0.1, -0.05) is 40.2 Å². The van der Waals surface area contributed by atoms with E-state index in [0.29, 0.717) is 0 Å². The number of tetrazole rings is 1. The van der Waals surface area contributed by atoms with E-state index in [-0.39, 0.29) is 0 Å². The van der Waals surface area contributed by atoms with Crippen LogP contribution in [-0.4, -0.2) is 20.2 Å². The summed E-state index contributed by atoms with van der Waals surface area (Å²) >= 11 is 3.60. The molecule has 0 unspecified atom stereocenters. The van der Waals surface area contributed by atoms with E-state index in [0.717, 1.165) is 22.4 Å². The summed E-state index contributed by atoms with van der Waals surface area (Å²) in [5.74, 6) is 0. The monoisotopic (exact) mass is 343 g/mol. The highest BCUT2D eigenvalue weighted by Crippen LogP contribution is 2.22. The summed E-state index contributed by atoms with van der Waals surface area (Å²) in [4.78, 5) is 0. The summed E-state index contributed by atoms with van der Waals surface area (Å²) < 4.78 is 2.75. The van der Waals surface area contributed by atoms with E-state index >= 15 is 0 Å². The van der Waals surface area contributed by atoms with Crippen LogP contribution in [0.3, 0.4) is 0 Å². The SMILES string of the molecule is Cc1ccc(CNc2ccccc2-n2cnnn2)c(Br)c1. The predicted octanol–water partition coefficient (Wildman–Crippen LogP) is 3.35. The molecule has 0 aliphatic heterocycles. The molecule has 106 valence electrons. The van der Waals surface area contributed by atoms with Gasteiger partial charge in [-0.05, 0) is 46.7 Å². The maximum absolute atomic E-state index is 3.94. The van der Waals surface area contributed by atoms with E-state index < -0.39 is 0 Å². The normalized spacial score (nSPS) is 10.6. The lowest BCUT2D eigenvalue weighted by molar-refractivity contribution is 0.789. The number of nitrogens with zero attached hydrogens (tertiary/aromatic N) is 4. The summed E-state index contributed by atoms with van der Waals surface area (Å²) in [6.45, 7) is 2.80. The fraction of sp³-hybridized carbons (Fsp3) is 0.133. The molecule has 1 heterocycles. The predicted molar refractivity (Wildman–Crippen MR) is 85.4 cm³/mol. The lowest BCUT2D eigenvalue weighted by Crippen LogP contribution is -2.05. The van der Waals surface area contributed by atoms with Crippen molar-refractivity contribution in [2.24, 2.45) is 0 Å². The summed E-state index contributed by atoms with van der Waals surface area (Å²) in [6.07, 6.45) is 1.59. The first kappa shape index (κ1) is 13.8. The van der Waals surface area contributed by atoms with Gasteiger partial charge < -0.3 is 5.32 Å². The van der Waals surface area contributed by atoms with Crippen LogP contribution in [-0.2, 0) is 6.54 Å². The minimum Gasteiger partial charge on any atom is -0.379 e. The summed E-state index contributed by atoms with van der Waals surface area (Å²) in [5, 5.41) is 14.7. The zero-order valence-corrected chi connectivity index (χ0v) is 13.1. The van der Waals surface area contributed by atoms with E-state index in [4.69, 9.17) is 0 Å². The van der Waals surface area contributed by atoms with Gasteiger partial charge in [-0.3, -0.25) is 0 Å². The molecule has 0 spiro atoms. The minimum atomic E-state index is 0.722. The van der Waals surface area contributed by atoms with Crippen molar-refractivity contribution in [2.75, 3.05) is 5.32 Å². The Labute approximate surface area is 131 Å². The molecule has 2 aromatic carbocycles. The van der Waals surface area contributed by atoms with Gasteiger partial charge in [-0.15, -0.1) is 5.10 Å². The number of para-hydroxylation sites is 2. The first-order valence-corrected chi connectivity index (χ1v) is 7.34. The largest absolute Gasteiger partial charge is 0.379 e. The van der Waals surface area contributed by atoms with Crippen LogP contribution in [0.15, 0.2) is 53.3 Å². The third-order valence-corrected chi connectivity index (χ3v) is 3.92. The molecule has 3 rings (SSSR count). The maximum atomic E-state index is 3.94. The zero-order chi connectivity index (χ0) is 14.7. The molecule has 1 N–H and O–H groups in total. The summed E-state index contributed by atoms with van der Waals surface area (Å²) in [7, 11) is 0. The molecule has 3 aromatic rings. The van der Waals surface area contributed by atoms with Crippen molar-refractivity contribution in [1.29, 1.82) is 0 Å². The van der Waals surface area contributed by atoms with Crippen LogP contribution in [0.25, 0.3) is 5.69 Å². The Bertz CT molecular complexity index is 740. The average Bonchev–Trinajstić information content (AvgIpc) is 3.01. The lowest BCUT2D eigenvalue weighted by Gasteiger charge is -2.12. The van der Waals surface area contributed by atoms with Crippen LogP contribution in [0, 0.1) is 6.92 Å². The van der Waals surface area contributed by atoms with Gasteiger partial charge in [0.25, 0.3) is 0 Å². The minimum absolute atomic E-state index is 0.722. The first-order valence-electron chi connectivity index (χ1n) is 6.55. The van der Waals surface area contributed by atoms with Crippen molar-refractivity contribution in [3.05, 3.63) is 64.4 Å². The van der Waals surface area contributed by atoms with Crippen LogP contribution in [0.1, 0.15) is 11.1 Å². The Morgan fingerprint density at radius 3 is 2.81 bits per heavy atom. The van der Waals surface area contributed by atoms with Crippen LogP contribution in [0.4, 0.5) is 5.69 Å². The van der Waals surface area contributed by atoms with Crippen LogP contribution < -0.4 is 5.32 Å². The Morgan fingerprint density at radius 2 is 2.05 bits per heavy atom. The maximum Gasteiger partial charge on any atom is 0.143 e. The summed E-state index contributed by atoms with van der Waals surface area (Å²) in [5.41, 5.74) is 4.34. The fourth-order valence-corrected chi connectivity index (χ4v) is 2.71. The Kier molecular flexibility index (Phi) is 3.96. The Balaban J connectivity index is 1.83. The molecule has 0 saturated heterocycles. The van der Waals surface area contributed by atoms with Crippen molar-refractivity contribution in [3.8, 4) is 5.69 Å². The highest BCUT2D eigenvalue weighted by Gasteiger charge is 2.06. The molecule has 0 bridgehead atoms.